The van der Waals surface area contributed by atoms with E-state index in [0.29, 0.717) is 5.56 Å². The van der Waals surface area contributed by atoms with Crippen LogP contribution in [-0.2, 0) is 13.0 Å². The van der Waals surface area contributed by atoms with Gasteiger partial charge in [-0.15, -0.1) is 0 Å². The summed E-state index contributed by atoms with van der Waals surface area (Å²) < 4.78 is 16.2. The maximum Gasteiger partial charge on any atom is 0.144 e. The largest absolute Gasteiger partial charge is 0.327 e. The smallest absolute Gasteiger partial charge is 0.144 e. The van der Waals surface area contributed by atoms with E-state index in [9.17, 15) is 4.39 Å². The molecule has 3 heterocycles. The van der Waals surface area contributed by atoms with Gasteiger partial charge in [-0.3, -0.25) is 5.10 Å². The number of aryl methyl sites for hydroxylation is 2. The first-order valence-electron chi connectivity index (χ1n) is 8.61. The molecule has 130 valence electrons. The Morgan fingerprint density at radius 1 is 1.19 bits per heavy atom. The van der Waals surface area contributed by atoms with Gasteiger partial charge in [0.1, 0.15) is 11.6 Å². The molecule has 5 rings (SSSR count). The molecule has 0 fully saturated rings. The number of imidazole rings is 1. The molecule has 1 aliphatic heterocycles. The van der Waals surface area contributed by atoms with E-state index in [1.165, 1.54) is 0 Å². The van der Waals surface area contributed by atoms with Gasteiger partial charge >= 0.3 is 0 Å². The second kappa shape index (κ2) is 5.68. The number of halogens is 2. The van der Waals surface area contributed by atoms with E-state index in [2.05, 4.69) is 26.9 Å². The van der Waals surface area contributed by atoms with E-state index < -0.39 is 0 Å². The fourth-order valence-electron chi connectivity index (χ4n) is 3.77. The molecule has 1 N–H and O–H groups in total. The maximum absolute atomic E-state index is 14.0. The van der Waals surface area contributed by atoms with Gasteiger partial charge in [0.15, 0.2) is 0 Å². The number of aromatic nitrogens is 4. The third-order valence-electron chi connectivity index (χ3n) is 5.03. The van der Waals surface area contributed by atoms with Gasteiger partial charge < -0.3 is 4.57 Å². The van der Waals surface area contributed by atoms with Crippen LogP contribution in [0.25, 0.3) is 33.4 Å². The highest BCUT2D eigenvalue weighted by Gasteiger charge is 2.24. The third-order valence-corrected chi connectivity index (χ3v) is 5.30. The molecule has 6 heteroatoms. The zero-order chi connectivity index (χ0) is 17.8. The molecule has 0 bridgehead atoms. The van der Waals surface area contributed by atoms with Crippen LogP contribution in [0, 0.1) is 12.7 Å². The topological polar surface area (TPSA) is 46.5 Å². The highest BCUT2D eigenvalue weighted by atomic mass is 35.5. The van der Waals surface area contributed by atoms with E-state index in [1.807, 2.05) is 18.3 Å². The van der Waals surface area contributed by atoms with E-state index in [0.717, 1.165) is 58.6 Å². The second-order valence-corrected chi connectivity index (χ2v) is 7.15. The van der Waals surface area contributed by atoms with Gasteiger partial charge in [-0.2, -0.15) is 5.10 Å². The lowest BCUT2D eigenvalue weighted by Gasteiger charge is -2.10. The van der Waals surface area contributed by atoms with Crippen molar-refractivity contribution < 1.29 is 4.39 Å². The van der Waals surface area contributed by atoms with Crippen molar-refractivity contribution in [3.05, 3.63) is 58.8 Å². The van der Waals surface area contributed by atoms with Gasteiger partial charge in [-0.05, 0) is 43.2 Å². The number of H-pyrrole nitrogens is 1. The summed E-state index contributed by atoms with van der Waals surface area (Å²) in [5.74, 6) is 0.698. The molecule has 0 spiro atoms. The second-order valence-electron chi connectivity index (χ2n) is 6.74. The first-order valence-corrected chi connectivity index (χ1v) is 8.98. The predicted molar refractivity (Wildman–Crippen MR) is 101 cm³/mol. The van der Waals surface area contributed by atoms with E-state index in [-0.39, 0.29) is 10.8 Å². The molecule has 0 unspecified atom stereocenters. The number of fused-ring (bicyclic) bond motifs is 2. The quantitative estimate of drug-likeness (QED) is 0.534. The van der Waals surface area contributed by atoms with Crippen molar-refractivity contribution in [2.24, 2.45) is 0 Å². The number of nitrogens with one attached hydrogen (secondary N) is 1. The molecule has 2 aromatic heterocycles. The lowest BCUT2D eigenvalue weighted by atomic mass is 10.0. The van der Waals surface area contributed by atoms with Gasteiger partial charge in [0, 0.05) is 29.5 Å². The normalized spacial score (nSPS) is 13.5. The predicted octanol–water partition coefficient (Wildman–Crippen LogP) is 5.14. The zero-order valence-electron chi connectivity index (χ0n) is 14.2. The summed E-state index contributed by atoms with van der Waals surface area (Å²) in [6.07, 6.45) is 3.86. The van der Waals surface area contributed by atoms with Gasteiger partial charge in [0.05, 0.1) is 28.1 Å². The standard InChI is InChI=1S/C20H16ClFN4/c1-11-7-13(9-15(21)18(11)22)19-20(26-6-2-3-17(26)24-19)12-4-5-16-14(8-12)10-23-25-16/h4-5,7-10H,2-3,6H2,1H3,(H,23,25). The van der Waals surface area contributed by atoms with E-state index in [4.69, 9.17) is 16.6 Å². The van der Waals surface area contributed by atoms with Crippen molar-refractivity contribution >= 4 is 22.5 Å². The number of hydrogen-bond donors (Lipinski definition) is 1. The number of nitrogens with zero attached hydrogens (tertiary/aromatic N) is 3. The minimum Gasteiger partial charge on any atom is -0.327 e. The first kappa shape index (κ1) is 15.6. The monoisotopic (exact) mass is 366 g/mol. The Kier molecular flexibility index (Phi) is 3.40. The summed E-state index contributed by atoms with van der Waals surface area (Å²) >= 11 is 6.10. The molecule has 0 saturated heterocycles. The van der Waals surface area contributed by atoms with Crippen LogP contribution in [0.15, 0.2) is 36.5 Å². The van der Waals surface area contributed by atoms with Gasteiger partial charge in [0.2, 0.25) is 0 Å². The van der Waals surface area contributed by atoms with E-state index >= 15 is 0 Å². The van der Waals surface area contributed by atoms with Crippen LogP contribution in [0.4, 0.5) is 4.39 Å². The van der Waals surface area contributed by atoms with Crippen molar-refractivity contribution in [1.29, 1.82) is 0 Å². The fraction of sp³-hybridized carbons (Fsp3) is 0.200. The van der Waals surface area contributed by atoms with Crippen molar-refractivity contribution in [2.75, 3.05) is 0 Å². The number of aromatic amines is 1. The Balaban J connectivity index is 1.77. The summed E-state index contributed by atoms with van der Waals surface area (Å²) in [6, 6.07) is 9.70. The Labute approximate surface area is 154 Å². The van der Waals surface area contributed by atoms with Crippen LogP contribution in [0.3, 0.4) is 0 Å². The Morgan fingerprint density at radius 3 is 2.92 bits per heavy atom. The number of benzene rings is 2. The van der Waals surface area contributed by atoms with Crippen molar-refractivity contribution in [1.82, 2.24) is 19.7 Å². The van der Waals surface area contributed by atoms with Crippen molar-refractivity contribution in [3.8, 4) is 22.5 Å². The van der Waals surface area contributed by atoms with Crippen LogP contribution in [0.2, 0.25) is 5.02 Å². The lowest BCUT2D eigenvalue weighted by molar-refractivity contribution is 0.619. The van der Waals surface area contributed by atoms with Gasteiger partial charge in [-0.25, -0.2) is 9.37 Å². The van der Waals surface area contributed by atoms with Crippen LogP contribution in [-0.4, -0.2) is 19.7 Å². The Morgan fingerprint density at radius 2 is 2.08 bits per heavy atom. The summed E-state index contributed by atoms with van der Waals surface area (Å²) in [5, 5.41) is 8.26. The molecule has 2 aromatic carbocycles. The van der Waals surface area contributed by atoms with Crippen LogP contribution < -0.4 is 0 Å². The van der Waals surface area contributed by atoms with Gasteiger partial charge in [-0.1, -0.05) is 17.7 Å². The SMILES string of the molecule is Cc1cc(-c2nc3n(c2-c2ccc4[nH]ncc4c2)CCC3)cc(Cl)c1F. The Hall–Kier alpha value is -2.66. The molecule has 0 amide bonds. The molecule has 4 nitrogen and oxygen atoms in total. The van der Waals surface area contributed by atoms with Gasteiger partial charge in [0.25, 0.3) is 0 Å². The molecule has 0 saturated carbocycles. The molecule has 0 radical (unpaired) electrons. The summed E-state index contributed by atoms with van der Waals surface area (Å²) in [6.45, 7) is 2.67. The molecule has 1 aliphatic rings. The maximum atomic E-state index is 14.0. The van der Waals surface area contributed by atoms with Crippen molar-refractivity contribution in [3.63, 3.8) is 0 Å². The van der Waals surface area contributed by atoms with Crippen molar-refractivity contribution in [2.45, 2.75) is 26.3 Å². The summed E-state index contributed by atoms with van der Waals surface area (Å²) in [7, 11) is 0. The van der Waals surface area contributed by atoms with E-state index in [1.54, 1.807) is 13.0 Å². The third kappa shape index (κ3) is 2.27. The molecule has 26 heavy (non-hydrogen) atoms. The first-order chi connectivity index (χ1) is 12.6. The molecule has 0 aliphatic carbocycles. The minimum atomic E-state index is -0.372. The highest BCUT2D eigenvalue weighted by Crippen LogP contribution is 2.38. The fourth-order valence-corrected chi connectivity index (χ4v) is 4.04. The highest BCUT2D eigenvalue weighted by molar-refractivity contribution is 6.31. The van der Waals surface area contributed by atoms with Crippen LogP contribution in [0.1, 0.15) is 17.8 Å². The number of hydrogen-bond acceptors (Lipinski definition) is 2. The summed E-state index contributed by atoms with van der Waals surface area (Å²) in [5.41, 5.74) is 5.36. The average molecular weight is 367 g/mol. The lowest BCUT2D eigenvalue weighted by Crippen LogP contribution is -1.96. The zero-order valence-corrected chi connectivity index (χ0v) is 14.9. The van der Waals surface area contributed by atoms with Crippen LogP contribution >= 0.6 is 11.6 Å². The minimum absolute atomic E-state index is 0.129. The number of rotatable bonds is 2. The molecule has 4 aromatic rings. The molecule has 0 atom stereocenters. The van der Waals surface area contributed by atoms with Crippen LogP contribution in [0.5, 0.6) is 0 Å². The summed E-state index contributed by atoms with van der Waals surface area (Å²) in [4.78, 5) is 4.88. The average Bonchev–Trinajstić information content (AvgIpc) is 3.33. The molecular formula is C20H16ClFN4. The Bertz CT molecular complexity index is 1140. The molecular weight excluding hydrogens is 351 g/mol.